The van der Waals surface area contributed by atoms with Crippen LogP contribution in [0.2, 0.25) is 0 Å². The predicted molar refractivity (Wildman–Crippen MR) is 123 cm³/mol. The Balaban J connectivity index is 1.76. The predicted octanol–water partition coefficient (Wildman–Crippen LogP) is 4.69. The van der Waals surface area contributed by atoms with Crippen LogP contribution in [-0.4, -0.2) is 35.8 Å². The maximum atomic E-state index is 10.1. The van der Waals surface area contributed by atoms with E-state index in [9.17, 15) is 10.5 Å². The fraction of sp³-hybridized carbons (Fsp3) is 0.458. The van der Waals surface area contributed by atoms with Gasteiger partial charge in [-0.05, 0) is 42.9 Å². The highest BCUT2D eigenvalue weighted by atomic mass is 32.2. The van der Waals surface area contributed by atoms with E-state index in [1.807, 2.05) is 12.1 Å². The zero-order valence-corrected chi connectivity index (χ0v) is 18.7. The zero-order chi connectivity index (χ0) is 22.3. The lowest BCUT2D eigenvalue weighted by Gasteiger charge is -2.22. The molecule has 1 aromatic carbocycles. The first-order valence-corrected chi connectivity index (χ1v) is 12.0. The average Bonchev–Trinajstić information content (AvgIpc) is 3.31. The molecule has 32 heavy (non-hydrogen) atoms. The summed E-state index contributed by atoms with van der Waals surface area (Å²) in [5.74, 6) is 3.21. The minimum absolute atomic E-state index is 0.0451. The summed E-state index contributed by atoms with van der Waals surface area (Å²) in [6.07, 6.45) is 6.77. The second kappa shape index (κ2) is 10.6. The number of anilines is 1. The molecule has 1 aromatic heterocycles. The number of fused-ring (bicyclic) bond motifs is 1. The number of aliphatic hydroxyl groups is 1. The molecule has 0 radical (unpaired) electrons. The molecule has 4 rings (SSSR count). The molecule has 1 aliphatic carbocycles. The zero-order valence-electron chi connectivity index (χ0n) is 17.9. The van der Waals surface area contributed by atoms with Crippen LogP contribution < -0.4 is 14.8 Å². The van der Waals surface area contributed by atoms with E-state index >= 15 is 0 Å². The van der Waals surface area contributed by atoms with Crippen LogP contribution in [0.3, 0.4) is 0 Å². The number of aliphatic hydroxyl groups excluding tert-OH is 1. The highest BCUT2D eigenvalue weighted by Gasteiger charge is 2.24. The number of nitrogens with one attached hydrogen (secondary N) is 1. The summed E-state index contributed by atoms with van der Waals surface area (Å²) in [4.78, 5) is 4.70. The van der Waals surface area contributed by atoms with E-state index in [-0.39, 0.29) is 13.4 Å². The van der Waals surface area contributed by atoms with Crippen molar-refractivity contribution in [2.45, 2.75) is 43.6 Å². The van der Waals surface area contributed by atoms with Crippen molar-refractivity contribution in [2.24, 2.45) is 5.92 Å². The van der Waals surface area contributed by atoms with Gasteiger partial charge in [-0.3, -0.25) is 0 Å². The van der Waals surface area contributed by atoms with Crippen molar-refractivity contribution in [2.75, 3.05) is 31.0 Å². The maximum absolute atomic E-state index is 10.1. The van der Waals surface area contributed by atoms with Crippen molar-refractivity contribution >= 4 is 17.6 Å². The quantitative estimate of drug-likeness (QED) is 0.440. The van der Waals surface area contributed by atoms with Crippen LogP contribution in [0.5, 0.6) is 11.5 Å². The normalized spacial score (nSPS) is 15.2. The number of aromatic nitrogens is 1. The van der Waals surface area contributed by atoms with Gasteiger partial charge in [-0.2, -0.15) is 10.5 Å². The SMILES string of the molecule is N#Cc1c(NCCCO)nc(SCC2CCCCC2)c(C#N)c1-c1ccc2c(c1)OCO2. The number of rotatable bonds is 8. The third-order valence-electron chi connectivity index (χ3n) is 5.86. The number of hydrogen-bond donors (Lipinski definition) is 2. The molecule has 0 unspecified atom stereocenters. The van der Waals surface area contributed by atoms with Crippen LogP contribution in [0.25, 0.3) is 11.1 Å². The largest absolute Gasteiger partial charge is 0.454 e. The van der Waals surface area contributed by atoms with Crippen LogP contribution in [0, 0.1) is 28.6 Å². The molecule has 7 nitrogen and oxygen atoms in total. The molecular weight excluding hydrogens is 424 g/mol. The van der Waals surface area contributed by atoms with Crippen molar-refractivity contribution in [3.05, 3.63) is 29.3 Å². The van der Waals surface area contributed by atoms with Gasteiger partial charge in [0.05, 0.1) is 5.56 Å². The Kier molecular flexibility index (Phi) is 7.36. The van der Waals surface area contributed by atoms with Gasteiger partial charge < -0.3 is 19.9 Å². The lowest BCUT2D eigenvalue weighted by atomic mass is 9.91. The highest BCUT2D eigenvalue weighted by Crippen LogP contribution is 2.42. The summed E-state index contributed by atoms with van der Waals surface area (Å²) in [7, 11) is 0. The van der Waals surface area contributed by atoms with Crippen molar-refractivity contribution in [3.8, 4) is 34.8 Å². The Bertz CT molecular complexity index is 1050. The molecule has 166 valence electrons. The lowest BCUT2D eigenvalue weighted by Crippen LogP contribution is -2.11. The summed E-state index contributed by atoms with van der Waals surface area (Å²) >= 11 is 1.60. The second-order valence-corrected chi connectivity index (χ2v) is 9.01. The van der Waals surface area contributed by atoms with Crippen LogP contribution in [0.15, 0.2) is 23.2 Å². The summed E-state index contributed by atoms with van der Waals surface area (Å²) in [5.41, 5.74) is 2.00. The number of ether oxygens (including phenoxy) is 2. The molecule has 0 bridgehead atoms. The number of thioether (sulfide) groups is 1. The summed E-state index contributed by atoms with van der Waals surface area (Å²) in [6, 6.07) is 10.0. The molecule has 0 atom stereocenters. The number of pyridine rings is 1. The van der Waals surface area contributed by atoms with Gasteiger partial charge in [0.15, 0.2) is 11.5 Å². The summed E-state index contributed by atoms with van der Waals surface area (Å²) < 4.78 is 10.9. The Morgan fingerprint density at radius 1 is 1.09 bits per heavy atom. The molecule has 8 heteroatoms. The Labute approximate surface area is 192 Å². The topological polar surface area (TPSA) is 111 Å². The third kappa shape index (κ3) is 4.77. The number of hydrogen-bond acceptors (Lipinski definition) is 8. The second-order valence-electron chi connectivity index (χ2n) is 8.00. The number of nitriles is 2. The highest BCUT2D eigenvalue weighted by molar-refractivity contribution is 7.99. The summed E-state index contributed by atoms with van der Waals surface area (Å²) in [6.45, 7) is 0.683. The monoisotopic (exact) mass is 450 g/mol. The first-order chi connectivity index (χ1) is 15.7. The molecular formula is C24H26N4O3S. The molecule has 0 saturated heterocycles. The molecule has 0 amide bonds. The fourth-order valence-electron chi connectivity index (χ4n) is 4.19. The molecule has 2 N–H and O–H groups in total. The fourth-order valence-corrected chi connectivity index (χ4v) is 5.36. The van der Waals surface area contributed by atoms with E-state index in [4.69, 9.17) is 19.6 Å². The molecule has 2 aliphatic rings. The Morgan fingerprint density at radius 2 is 1.88 bits per heavy atom. The van der Waals surface area contributed by atoms with E-state index < -0.39 is 0 Å². The lowest BCUT2D eigenvalue weighted by molar-refractivity contribution is 0.174. The van der Waals surface area contributed by atoms with Crippen molar-refractivity contribution in [1.82, 2.24) is 4.98 Å². The van der Waals surface area contributed by atoms with E-state index in [0.717, 1.165) is 11.3 Å². The van der Waals surface area contributed by atoms with Gasteiger partial charge in [0.1, 0.15) is 28.5 Å². The first-order valence-electron chi connectivity index (χ1n) is 11.0. The van der Waals surface area contributed by atoms with Gasteiger partial charge >= 0.3 is 0 Å². The van der Waals surface area contributed by atoms with Crippen molar-refractivity contribution in [1.29, 1.82) is 10.5 Å². The van der Waals surface area contributed by atoms with Gasteiger partial charge in [-0.15, -0.1) is 11.8 Å². The van der Waals surface area contributed by atoms with E-state index in [1.54, 1.807) is 17.8 Å². The van der Waals surface area contributed by atoms with E-state index in [2.05, 4.69) is 17.5 Å². The number of benzene rings is 1. The standard InChI is InChI=1S/C24H26N4O3S/c25-12-18-22(17-7-8-20-21(11-17)31-15-30-20)19(13-26)24(28-23(18)27-9-4-10-29)32-14-16-5-2-1-3-6-16/h7-8,11,16,29H,1-6,9-10,14-15H2,(H,27,28). The molecule has 2 heterocycles. The van der Waals surface area contributed by atoms with Gasteiger partial charge in [0.2, 0.25) is 6.79 Å². The molecule has 2 aromatic rings. The van der Waals surface area contributed by atoms with Gasteiger partial charge in [-0.25, -0.2) is 4.98 Å². The summed E-state index contributed by atoms with van der Waals surface area (Å²) in [5, 5.41) is 33.1. The molecule has 1 aliphatic heterocycles. The minimum Gasteiger partial charge on any atom is -0.454 e. The Morgan fingerprint density at radius 3 is 2.62 bits per heavy atom. The Hall–Kier alpha value is -2.94. The first kappa shape index (κ1) is 22.3. The maximum Gasteiger partial charge on any atom is 0.231 e. The minimum atomic E-state index is 0.0451. The molecule has 1 saturated carbocycles. The van der Waals surface area contributed by atoms with E-state index in [0.29, 0.717) is 57.9 Å². The molecule has 1 fully saturated rings. The van der Waals surface area contributed by atoms with Gasteiger partial charge in [0, 0.05) is 24.5 Å². The average molecular weight is 451 g/mol. The number of nitrogens with zero attached hydrogens (tertiary/aromatic N) is 3. The van der Waals surface area contributed by atoms with Crippen molar-refractivity contribution < 1.29 is 14.6 Å². The van der Waals surface area contributed by atoms with Crippen molar-refractivity contribution in [3.63, 3.8) is 0 Å². The van der Waals surface area contributed by atoms with Crippen LogP contribution in [-0.2, 0) is 0 Å². The van der Waals surface area contributed by atoms with E-state index in [1.165, 1.54) is 32.1 Å². The van der Waals surface area contributed by atoms with Crippen LogP contribution in [0.4, 0.5) is 5.82 Å². The van der Waals surface area contributed by atoms with Crippen LogP contribution >= 0.6 is 11.8 Å². The van der Waals surface area contributed by atoms with Gasteiger partial charge in [0.25, 0.3) is 0 Å². The smallest absolute Gasteiger partial charge is 0.231 e. The van der Waals surface area contributed by atoms with Crippen LogP contribution in [0.1, 0.15) is 49.7 Å². The van der Waals surface area contributed by atoms with Gasteiger partial charge in [-0.1, -0.05) is 25.3 Å². The molecule has 0 spiro atoms. The third-order valence-corrected chi connectivity index (χ3v) is 7.06.